The number of anilines is 1. The predicted octanol–water partition coefficient (Wildman–Crippen LogP) is 1.48. The number of hydrogen-bond acceptors (Lipinski definition) is 6. The van der Waals surface area contributed by atoms with Gasteiger partial charge in [0.2, 0.25) is 5.95 Å². The van der Waals surface area contributed by atoms with Gasteiger partial charge in [-0.15, -0.1) is 10.2 Å². The van der Waals surface area contributed by atoms with E-state index in [4.69, 9.17) is 9.84 Å². The summed E-state index contributed by atoms with van der Waals surface area (Å²) in [7, 11) is 0. The molecular formula is C13H22N4O3S. The average Bonchev–Trinajstić information content (AvgIpc) is 2.79. The van der Waals surface area contributed by atoms with E-state index in [1.165, 1.54) is 11.8 Å². The van der Waals surface area contributed by atoms with Crippen LogP contribution in [0.15, 0.2) is 5.16 Å². The number of aromatic nitrogens is 3. The lowest BCUT2D eigenvalue weighted by molar-refractivity contribution is -0.133. The van der Waals surface area contributed by atoms with Gasteiger partial charge in [-0.1, -0.05) is 18.7 Å². The van der Waals surface area contributed by atoms with Gasteiger partial charge in [0.1, 0.15) is 0 Å². The molecule has 0 radical (unpaired) electrons. The number of ether oxygens (including phenoxy) is 1. The zero-order valence-corrected chi connectivity index (χ0v) is 13.5. The third-order valence-electron chi connectivity index (χ3n) is 3.36. The van der Waals surface area contributed by atoms with Crippen LogP contribution in [0.25, 0.3) is 0 Å². The molecule has 1 aromatic heterocycles. The molecule has 2 heterocycles. The number of hydrogen-bond donors (Lipinski definition) is 1. The van der Waals surface area contributed by atoms with Gasteiger partial charge in [0.25, 0.3) is 0 Å². The number of carbonyl (C=O) groups is 1. The summed E-state index contributed by atoms with van der Waals surface area (Å²) in [5.74, 6) is -0.0497. The van der Waals surface area contributed by atoms with Crippen LogP contribution in [0, 0.1) is 0 Å². The van der Waals surface area contributed by atoms with Gasteiger partial charge in [0.05, 0.1) is 24.5 Å². The zero-order valence-electron chi connectivity index (χ0n) is 12.7. The molecule has 0 aromatic carbocycles. The van der Waals surface area contributed by atoms with Crippen molar-refractivity contribution in [3.8, 4) is 0 Å². The monoisotopic (exact) mass is 314 g/mol. The standard InChI is InChI=1S/C13H22N4O3S/c1-4-5-16-11(14-15-12(16)21-8-10(18)19)17-6-7-20-9-13(17,2)3/h4-9H2,1-3H3,(H,18,19). The highest BCUT2D eigenvalue weighted by Gasteiger charge is 2.34. The third kappa shape index (κ3) is 3.68. The van der Waals surface area contributed by atoms with Gasteiger partial charge in [-0.05, 0) is 20.3 Å². The van der Waals surface area contributed by atoms with E-state index in [0.29, 0.717) is 18.4 Å². The molecule has 0 amide bonds. The number of nitrogens with zero attached hydrogens (tertiary/aromatic N) is 4. The summed E-state index contributed by atoms with van der Waals surface area (Å²) in [5, 5.41) is 18.0. The van der Waals surface area contributed by atoms with Crippen LogP contribution < -0.4 is 4.90 Å². The summed E-state index contributed by atoms with van der Waals surface area (Å²) in [4.78, 5) is 12.9. The topological polar surface area (TPSA) is 80.5 Å². The Bertz CT molecular complexity index is 504. The van der Waals surface area contributed by atoms with Crippen LogP contribution in [-0.2, 0) is 16.1 Å². The number of rotatable bonds is 6. The average molecular weight is 314 g/mol. The van der Waals surface area contributed by atoms with Crippen LogP contribution in [0.5, 0.6) is 0 Å². The highest BCUT2D eigenvalue weighted by molar-refractivity contribution is 7.99. The summed E-state index contributed by atoms with van der Waals surface area (Å²) in [6.45, 7) is 9.15. The smallest absolute Gasteiger partial charge is 0.313 e. The van der Waals surface area contributed by atoms with Gasteiger partial charge >= 0.3 is 5.97 Å². The molecule has 0 aliphatic carbocycles. The second kappa shape index (κ2) is 6.65. The Balaban J connectivity index is 2.27. The van der Waals surface area contributed by atoms with Gasteiger partial charge in [-0.25, -0.2) is 0 Å². The Morgan fingerprint density at radius 3 is 2.86 bits per heavy atom. The number of aliphatic carboxylic acids is 1. The largest absolute Gasteiger partial charge is 0.481 e. The second-order valence-electron chi connectivity index (χ2n) is 5.63. The number of carboxylic acids is 1. The molecule has 0 atom stereocenters. The van der Waals surface area contributed by atoms with E-state index in [1.807, 2.05) is 4.57 Å². The molecular weight excluding hydrogens is 292 g/mol. The molecule has 2 rings (SSSR count). The number of morpholine rings is 1. The van der Waals surface area contributed by atoms with Gasteiger partial charge in [0, 0.05) is 13.1 Å². The van der Waals surface area contributed by atoms with Gasteiger partial charge in [-0.2, -0.15) is 0 Å². The van der Waals surface area contributed by atoms with Crippen molar-refractivity contribution in [3.63, 3.8) is 0 Å². The first-order valence-electron chi connectivity index (χ1n) is 7.09. The molecule has 0 saturated carbocycles. The van der Waals surface area contributed by atoms with Crippen molar-refractivity contribution in [1.29, 1.82) is 0 Å². The maximum absolute atomic E-state index is 10.7. The first kappa shape index (κ1) is 16.1. The molecule has 1 aliphatic rings. The van der Waals surface area contributed by atoms with Crippen LogP contribution in [0.3, 0.4) is 0 Å². The summed E-state index contributed by atoms with van der Waals surface area (Å²) in [6, 6.07) is 0. The molecule has 0 spiro atoms. The zero-order chi connectivity index (χ0) is 15.5. The molecule has 1 fully saturated rings. The Kier molecular flexibility index (Phi) is 5.10. The number of carboxylic acid groups (broad SMARTS) is 1. The fraction of sp³-hybridized carbons (Fsp3) is 0.769. The van der Waals surface area contributed by atoms with Crippen molar-refractivity contribution in [3.05, 3.63) is 0 Å². The maximum atomic E-state index is 10.7. The van der Waals surface area contributed by atoms with Crippen LogP contribution in [0.1, 0.15) is 27.2 Å². The molecule has 1 N–H and O–H groups in total. The molecule has 1 saturated heterocycles. The molecule has 0 bridgehead atoms. The first-order chi connectivity index (χ1) is 9.95. The van der Waals surface area contributed by atoms with Crippen LogP contribution in [-0.4, -0.2) is 56.9 Å². The molecule has 7 nitrogen and oxygen atoms in total. The fourth-order valence-electron chi connectivity index (χ4n) is 2.36. The van der Waals surface area contributed by atoms with Crippen molar-refractivity contribution in [2.45, 2.75) is 44.4 Å². The Morgan fingerprint density at radius 1 is 1.48 bits per heavy atom. The van der Waals surface area contributed by atoms with Crippen molar-refractivity contribution < 1.29 is 14.6 Å². The predicted molar refractivity (Wildman–Crippen MR) is 80.9 cm³/mol. The summed E-state index contributed by atoms with van der Waals surface area (Å²) >= 11 is 1.21. The lowest BCUT2D eigenvalue weighted by Gasteiger charge is -2.42. The summed E-state index contributed by atoms with van der Waals surface area (Å²) in [5.41, 5.74) is -0.147. The lowest BCUT2D eigenvalue weighted by Crippen LogP contribution is -2.54. The summed E-state index contributed by atoms with van der Waals surface area (Å²) in [6.07, 6.45) is 0.941. The maximum Gasteiger partial charge on any atom is 0.313 e. The minimum atomic E-state index is -0.848. The third-order valence-corrected chi connectivity index (χ3v) is 4.31. The van der Waals surface area contributed by atoms with E-state index in [0.717, 1.165) is 25.5 Å². The minimum absolute atomic E-state index is 0.00560. The Morgan fingerprint density at radius 2 is 2.24 bits per heavy atom. The highest BCUT2D eigenvalue weighted by Crippen LogP contribution is 2.29. The lowest BCUT2D eigenvalue weighted by atomic mass is 10.0. The van der Waals surface area contributed by atoms with Crippen molar-refractivity contribution in [1.82, 2.24) is 14.8 Å². The van der Waals surface area contributed by atoms with Gasteiger partial charge < -0.3 is 14.7 Å². The van der Waals surface area contributed by atoms with E-state index in [2.05, 4.69) is 35.9 Å². The van der Waals surface area contributed by atoms with Crippen LogP contribution >= 0.6 is 11.8 Å². The number of thioether (sulfide) groups is 1. The summed E-state index contributed by atoms with van der Waals surface area (Å²) < 4.78 is 7.55. The van der Waals surface area contributed by atoms with Crippen molar-refractivity contribution >= 4 is 23.7 Å². The van der Waals surface area contributed by atoms with Crippen LogP contribution in [0.4, 0.5) is 5.95 Å². The van der Waals surface area contributed by atoms with E-state index >= 15 is 0 Å². The highest BCUT2D eigenvalue weighted by atomic mass is 32.2. The molecule has 0 unspecified atom stereocenters. The fourth-order valence-corrected chi connectivity index (χ4v) is 3.04. The molecule has 8 heteroatoms. The van der Waals surface area contributed by atoms with E-state index < -0.39 is 5.97 Å². The van der Waals surface area contributed by atoms with Crippen LogP contribution in [0.2, 0.25) is 0 Å². The normalized spacial score (nSPS) is 18.0. The van der Waals surface area contributed by atoms with Gasteiger partial charge in [-0.3, -0.25) is 9.36 Å². The molecule has 118 valence electrons. The van der Waals surface area contributed by atoms with Gasteiger partial charge in [0.15, 0.2) is 5.16 Å². The van der Waals surface area contributed by atoms with E-state index in [9.17, 15) is 4.79 Å². The van der Waals surface area contributed by atoms with Crippen molar-refractivity contribution in [2.24, 2.45) is 0 Å². The molecule has 1 aliphatic heterocycles. The first-order valence-corrected chi connectivity index (χ1v) is 8.07. The second-order valence-corrected chi connectivity index (χ2v) is 6.58. The van der Waals surface area contributed by atoms with E-state index in [1.54, 1.807) is 0 Å². The SMILES string of the molecule is CCCn1c(SCC(=O)O)nnc1N1CCOCC1(C)C. The molecule has 21 heavy (non-hydrogen) atoms. The Labute approximate surface area is 128 Å². The minimum Gasteiger partial charge on any atom is -0.481 e. The van der Waals surface area contributed by atoms with E-state index in [-0.39, 0.29) is 11.3 Å². The quantitative estimate of drug-likeness (QED) is 0.797. The molecule has 1 aromatic rings. The van der Waals surface area contributed by atoms with Crippen molar-refractivity contribution in [2.75, 3.05) is 30.4 Å². The Hall–Kier alpha value is -1.28.